The third-order valence-electron chi connectivity index (χ3n) is 3.50. The summed E-state index contributed by atoms with van der Waals surface area (Å²) in [4.78, 5) is 23.0. The maximum absolute atomic E-state index is 11.9. The Bertz CT molecular complexity index is 539. The Morgan fingerprint density at radius 1 is 1.00 bits per heavy atom. The highest BCUT2D eigenvalue weighted by Gasteiger charge is 2.21. The van der Waals surface area contributed by atoms with E-state index in [0.29, 0.717) is 24.7 Å². The first-order valence-electron chi connectivity index (χ1n) is 8.65. The predicted octanol–water partition coefficient (Wildman–Crippen LogP) is 3.11. The molecular weight excluding hydrogens is 322 g/mol. The van der Waals surface area contributed by atoms with Crippen LogP contribution >= 0.6 is 0 Å². The van der Waals surface area contributed by atoms with Gasteiger partial charge in [0.05, 0.1) is 6.61 Å². The molecule has 6 nitrogen and oxygen atoms in total. The molecule has 0 fully saturated rings. The second kappa shape index (κ2) is 10.6. The summed E-state index contributed by atoms with van der Waals surface area (Å²) in [5, 5.41) is 11.6. The maximum atomic E-state index is 11.9. The number of carboxylic acids is 1. The minimum atomic E-state index is -1.04. The van der Waals surface area contributed by atoms with Crippen molar-refractivity contribution in [3.63, 3.8) is 0 Å². The molecule has 6 heteroatoms. The van der Waals surface area contributed by atoms with E-state index in [2.05, 4.69) is 19.2 Å². The van der Waals surface area contributed by atoms with Gasteiger partial charge in [-0.1, -0.05) is 27.7 Å². The van der Waals surface area contributed by atoms with Gasteiger partial charge < -0.3 is 19.9 Å². The van der Waals surface area contributed by atoms with Crippen LogP contribution in [0.2, 0.25) is 0 Å². The number of hydrogen-bond acceptors (Lipinski definition) is 4. The van der Waals surface area contributed by atoms with Crippen LogP contribution in [0.1, 0.15) is 40.5 Å². The summed E-state index contributed by atoms with van der Waals surface area (Å²) in [6, 6.07) is 6.12. The van der Waals surface area contributed by atoms with E-state index < -0.39 is 17.9 Å². The molecule has 0 heterocycles. The van der Waals surface area contributed by atoms with E-state index in [-0.39, 0.29) is 12.5 Å². The normalized spacial score (nSPS) is 12.1. The molecule has 0 radical (unpaired) electrons. The summed E-state index contributed by atoms with van der Waals surface area (Å²) in [7, 11) is 0. The van der Waals surface area contributed by atoms with E-state index in [1.54, 1.807) is 24.3 Å². The molecule has 1 rings (SSSR count). The third kappa shape index (κ3) is 8.98. The molecule has 1 aromatic carbocycles. The number of hydrogen-bond donors (Lipinski definition) is 2. The van der Waals surface area contributed by atoms with Crippen LogP contribution in [-0.2, 0) is 9.59 Å². The topological polar surface area (TPSA) is 84.9 Å². The Balaban J connectivity index is 2.41. The van der Waals surface area contributed by atoms with Crippen LogP contribution in [0.4, 0.5) is 0 Å². The highest BCUT2D eigenvalue weighted by molar-refractivity contribution is 5.84. The highest BCUT2D eigenvalue weighted by Crippen LogP contribution is 2.18. The summed E-state index contributed by atoms with van der Waals surface area (Å²) in [6.07, 6.45) is 1.36. The average molecular weight is 351 g/mol. The van der Waals surface area contributed by atoms with Crippen LogP contribution in [-0.4, -0.2) is 36.2 Å². The predicted molar refractivity (Wildman–Crippen MR) is 95.9 cm³/mol. The minimum absolute atomic E-state index is 0.172. The van der Waals surface area contributed by atoms with Gasteiger partial charge in [0.15, 0.2) is 6.61 Å². The number of ether oxygens (including phenoxy) is 2. The van der Waals surface area contributed by atoms with Crippen molar-refractivity contribution in [2.75, 3.05) is 13.2 Å². The van der Waals surface area contributed by atoms with E-state index in [0.717, 1.165) is 12.2 Å². The van der Waals surface area contributed by atoms with Crippen molar-refractivity contribution < 1.29 is 24.2 Å². The summed E-state index contributed by atoms with van der Waals surface area (Å²) >= 11 is 0. The Labute approximate surface area is 149 Å². The van der Waals surface area contributed by atoms with Gasteiger partial charge in [-0.25, -0.2) is 4.79 Å². The van der Waals surface area contributed by atoms with Gasteiger partial charge in [-0.15, -0.1) is 0 Å². The average Bonchev–Trinajstić information content (AvgIpc) is 2.52. The molecule has 0 aliphatic carbocycles. The molecule has 2 N–H and O–H groups in total. The van der Waals surface area contributed by atoms with Gasteiger partial charge in [-0.05, 0) is 48.9 Å². The first kappa shape index (κ1) is 20.8. The molecule has 0 aliphatic rings. The van der Waals surface area contributed by atoms with Gasteiger partial charge in [0.25, 0.3) is 5.91 Å². The number of amides is 1. The molecule has 0 bridgehead atoms. The largest absolute Gasteiger partial charge is 0.494 e. The first-order chi connectivity index (χ1) is 11.8. The first-order valence-corrected chi connectivity index (χ1v) is 8.65. The van der Waals surface area contributed by atoms with E-state index >= 15 is 0 Å². The fraction of sp³-hybridized carbons (Fsp3) is 0.579. The van der Waals surface area contributed by atoms with Gasteiger partial charge in [-0.3, -0.25) is 4.79 Å². The Morgan fingerprint density at radius 3 is 2.04 bits per heavy atom. The molecule has 25 heavy (non-hydrogen) atoms. The number of carbonyl (C=O) groups is 2. The lowest BCUT2D eigenvalue weighted by atomic mass is 10.0. The van der Waals surface area contributed by atoms with Crippen LogP contribution in [0.15, 0.2) is 24.3 Å². The molecule has 1 amide bonds. The number of nitrogens with one attached hydrogen (secondary N) is 1. The van der Waals surface area contributed by atoms with Crippen LogP contribution < -0.4 is 14.8 Å². The zero-order valence-electron chi connectivity index (χ0n) is 15.5. The molecule has 0 aromatic heterocycles. The Kier molecular flexibility index (Phi) is 8.81. The molecule has 0 spiro atoms. The highest BCUT2D eigenvalue weighted by atomic mass is 16.5. The molecule has 0 saturated carbocycles. The number of carbonyl (C=O) groups excluding carboxylic acids is 1. The van der Waals surface area contributed by atoms with Crippen molar-refractivity contribution in [3.05, 3.63) is 24.3 Å². The second-order valence-corrected chi connectivity index (χ2v) is 6.88. The molecule has 1 atom stereocenters. The van der Waals surface area contributed by atoms with E-state index in [1.165, 1.54) is 0 Å². The fourth-order valence-corrected chi connectivity index (χ4v) is 2.12. The molecule has 1 unspecified atom stereocenters. The summed E-state index contributed by atoms with van der Waals surface area (Å²) in [5.74, 6) is 0.551. The van der Waals surface area contributed by atoms with Crippen molar-refractivity contribution in [1.29, 1.82) is 0 Å². The van der Waals surface area contributed by atoms with Gasteiger partial charge >= 0.3 is 5.97 Å². The molecule has 0 aliphatic heterocycles. The zero-order chi connectivity index (χ0) is 18.8. The van der Waals surface area contributed by atoms with Crippen molar-refractivity contribution in [1.82, 2.24) is 5.32 Å². The lowest BCUT2D eigenvalue weighted by Crippen LogP contribution is -2.43. The van der Waals surface area contributed by atoms with Crippen LogP contribution in [0.25, 0.3) is 0 Å². The van der Waals surface area contributed by atoms with E-state index in [9.17, 15) is 9.59 Å². The third-order valence-corrected chi connectivity index (χ3v) is 3.50. The lowest BCUT2D eigenvalue weighted by molar-refractivity contribution is -0.142. The van der Waals surface area contributed by atoms with Gasteiger partial charge in [0.2, 0.25) is 0 Å². The standard InChI is InChI=1S/C19H29NO5/c1-13(2)9-10-24-15-5-7-16(8-6-15)25-12-18(21)20-17(19(22)23)11-14(3)4/h5-8,13-14,17H,9-12H2,1-4H3,(H,20,21)(H,22,23). The maximum Gasteiger partial charge on any atom is 0.326 e. The Morgan fingerprint density at radius 2 is 1.56 bits per heavy atom. The monoisotopic (exact) mass is 351 g/mol. The van der Waals surface area contributed by atoms with Crippen LogP contribution in [0.3, 0.4) is 0 Å². The number of benzene rings is 1. The van der Waals surface area contributed by atoms with Gasteiger partial charge in [0.1, 0.15) is 17.5 Å². The molecule has 1 aromatic rings. The summed E-state index contributed by atoms with van der Waals surface area (Å²) in [5.41, 5.74) is 0. The quantitative estimate of drug-likeness (QED) is 0.640. The smallest absolute Gasteiger partial charge is 0.326 e. The zero-order valence-corrected chi connectivity index (χ0v) is 15.5. The van der Waals surface area contributed by atoms with Crippen molar-refractivity contribution >= 4 is 11.9 Å². The Hall–Kier alpha value is -2.24. The van der Waals surface area contributed by atoms with E-state index in [4.69, 9.17) is 14.6 Å². The van der Waals surface area contributed by atoms with Crippen LogP contribution in [0, 0.1) is 11.8 Å². The van der Waals surface area contributed by atoms with Crippen molar-refractivity contribution in [3.8, 4) is 11.5 Å². The molecular formula is C19H29NO5. The fourth-order valence-electron chi connectivity index (χ4n) is 2.12. The van der Waals surface area contributed by atoms with Crippen molar-refractivity contribution in [2.45, 2.75) is 46.6 Å². The number of carboxylic acid groups (broad SMARTS) is 1. The molecule has 140 valence electrons. The van der Waals surface area contributed by atoms with Gasteiger partial charge in [0, 0.05) is 0 Å². The van der Waals surface area contributed by atoms with Crippen LogP contribution in [0.5, 0.6) is 11.5 Å². The van der Waals surface area contributed by atoms with Gasteiger partial charge in [-0.2, -0.15) is 0 Å². The number of aliphatic carboxylic acids is 1. The second-order valence-electron chi connectivity index (χ2n) is 6.88. The minimum Gasteiger partial charge on any atom is -0.494 e. The lowest BCUT2D eigenvalue weighted by Gasteiger charge is -2.16. The summed E-state index contributed by atoms with van der Waals surface area (Å²) in [6.45, 7) is 8.53. The number of rotatable bonds is 11. The SMILES string of the molecule is CC(C)CCOc1ccc(OCC(=O)NC(CC(C)C)C(=O)O)cc1. The van der Waals surface area contributed by atoms with E-state index in [1.807, 2.05) is 13.8 Å². The molecule has 0 saturated heterocycles. The van der Waals surface area contributed by atoms with Crippen molar-refractivity contribution in [2.24, 2.45) is 11.8 Å². The summed E-state index contributed by atoms with van der Waals surface area (Å²) < 4.78 is 11.0.